The monoisotopic (exact) mass is 582 g/mol. The van der Waals surface area contributed by atoms with Gasteiger partial charge in [0.25, 0.3) is 11.8 Å². The number of rotatable bonds is 13. The van der Waals surface area contributed by atoms with Crippen LogP contribution in [-0.2, 0) is 16.0 Å². The molecule has 0 fully saturated rings. The van der Waals surface area contributed by atoms with E-state index in [1.165, 1.54) is 12.3 Å². The second kappa shape index (κ2) is 15.4. The Morgan fingerprint density at radius 1 is 1.00 bits per heavy atom. The van der Waals surface area contributed by atoms with Crippen LogP contribution in [0.1, 0.15) is 25.0 Å². The van der Waals surface area contributed by atoms with E-state index in [4.69, 9.17) is 42.7 Å². The van der Waals surface area contributed by atoms with Crippen molar-refractivity contribution in [1.29, 1.82) is 5.26 Å². The molecule has 11 heteroatoms. The molecular formula is C29H28Cl2N4O5. The van der Waals surface area contributed by atoms with E-state index in [9.17, 15) is 9.59 Å². The second-order valence-corrected chi connectivity index (χ2v) is 9.25. The van der Waals surface area contributed by atoms with Crippen LogP contribution in [-0.4, -0.2) is 43.4 Å². The molecule has 40 heavy (non-hydrogen) atoms. The lowest BCUT2D eigenvalue weighted by Gasteiger charge is -2.21. The van der Waals surface area contributed by atoms with E-state index in [1.54, 1.807) is 37.3 Å². The number of nitrogens with one attached hydrogen (secondary N) is 2. The number of hydrogen-bond acceptors (Lipinski definition) is 7. The topological polar surface area (TPSA) is 122 Å². The summed E-state index contributed by atoms with van der Waals surface area (Å²) in [6.07, 6.45) is 0.707. The molecule has 3 aromatic carbocycles. The van der Waals surface area contributed by atoms with Crippen LogP contribution >= 0.6 is 23.2 Å². The summed E-state index contributed by atoms with van der Waals surface area (Å²) in [6.45, 7) is 3.66. The van der Waals surface area contributed by atoms with Gasteiger partial charge >= 0.3 is 0 Å². The van der Waals surface area contributed by atoms with Gasteiger partial charge in [0.2, 0.25) is 0 Å². The van der Waals surface area contributed by atoms with Gasteiger partial charge in [0.05, 0.1) is 17.8 Å². The summed E-state index contributed by atoms with van der Waals surface area (Å²) >= 11 is 12.1. The van der Waals surface area contributed by atoms with Crippen molar-refractivity contribution in [2.24, 2.45) is 5.10 Å². The average molecular weight is 583 g/mol. The van der Waals surface area contributed by atoms with E-state index in [0.717, 1.165) is 5.56 Å². The number of carbonyl (C=O) groups is 2. The summed E-state index contributed by atoms with van der Waals surface area (Å²) in [6, 6.07) is 19.9. The van der Waals surface area contributed by atoms with E-state index < -0.39 is 24.0 Å². The maximum atomic E-state index is 13.1. The normalized spacial score (nSPS) is 12.2. The van der Waals surface area contributed by atoms with Crippen LogP contribution in [0.25, 0.3) is 0 Å². The van der Waals surface area contributed by atoms with Gasteiger partial charge in [0, 0.05) is 11.4 Å². The van der Waals surface area contributed by atoms with Crippen LogP contribution in [0.2, 0.25) is 10.0 Å². The van der Waals surface area contributed by atoms with E-state index in [0.29, 0.717) is 28.7 Å². The fourth-order valence-electron chi connectivity index (χ4n) is 3.51. The molecule has 9 nitrogen and oxygen atoms in total. The Kier molecular flexibility index (Phi) is 11.6. The number of amides is 2. The molecule has 0 aromatic heterocycles. The van der Waals surface area contributed by atoms with Gasteiger partial charge in [0.1, 0.15) is 17.9 Å². The van der Waals surface area contributed by atoms with Crippen molar-refractivity contribution >= 4 is 41.2 Å². The van der Waals surface area contributed by atoms with Gasteiger partial charge < -0.3 is 19.5 Å². The predicted octanol–water partition coefficient (Wildman–Crippen LogP) is 4.94. The van der Waals surface area contributed by atoms with Crippen LogP contribution in [0, 0.1) is 11.3 Å². The van der Waals surface area contributed by atoms with E-state index >= 15 is 0 Å². The molecule has 2 atom stereocenters. The van der Waals surface area contributed by atoms with Crippen molar-refractivity contribution in [3.05, 3.63) is 87.9 Å². The number of ether oxygens (including phenoxy) is 3. The fourth-order valence-corrected chi connectivity index (χ4v) is 3.97. The Labute approximate surface area is 242 Å². The zero-order valence-electron chi connectivity index (χ0n) is 21.9. The molecule has 0 saturated carbocycles. The van der Waals surface area contributed by atoms with Crippen LogP contribution in [0.4, 0.5) is 0 Å². The Morgan fingerprint density at radius 2 is 1.75 bits per heavy atom. The summed E-state index contributed by atoms with van der Waals surface area (Å²) in [5.41, 5.74) is 3.95. The Hall–Kier alpha value is -4.26. The Balaban J connectivity index is 1.70. The number of nitriles is 1. The predicted molar refractivity (Wildman–Crippen MR) is 153 cm³/mol. The van der Waals surface area contributed by atoms with Gasteiger partial charge in [-0.1, -0.05) is 53.5 Å². The summed E-state index contributed by atoms with van der Waals surface area (Å²) < 4.78 is 16.6. The highest BCUT2D eigenvalue weighted by atomic mass is 35.5. The lowest BCUT2D eigenvalue weighted by atomic mass is 10.1. The lowest BCUT2D eigenvalue weighted by Crippen LogP contribution is -2.50. The zero-order valence-corrected chi connectivity index (χ0v) is 23.4. The first-order valence-electron chi connectivity index (χ1n) is 12.4. The van der Waals surface area contributed by atoms with Crippen molar-refractivity contribution in [3.8, 4) is 23.3 Å². The maximum absolute atomic E-state index is 13.1. The smallest absolute Gasteiger partial charge is 0.262 e. The van der Waals surface area contributed by atoms with Crippen LogP contribution in [0.5, 0.6) is 17.2 Å². The van der Waals surface area contributed by atoms with Gasteiger partial charge in [0.15, 0.2) is 24.2 Å². The first-order valence-corrected chi connectivity index (χ1v) is 13.1. The summed E-state index contributed by atoms with van der Waals surface area (Å²) in [7, 11) is 0. The van der Waals surface area contributed by atoms with Crippen LogP contribution in [0.15, 0.2) is 71.8 Å². The van der Waals surface area contributed by atoms with Crippen LogP contribution in [0.3, 0.4) is 0 Å². The molecular weight excluding hydrogens is 555 g/mol. The lowest BCUT2D eigenvalue weighted by molar-refractivity contribution is -0.132. The fraction of sp³-hybridized carbons (Fsp3) is 0.241. The van der Waals surface area contributed by atoms with E-state index in [2.05, 4.69) is 15.8 Å². The molecule has 0 saturated heterocycles. The van der Waals surface area contributed by atoms with E-state index in [1.807, 2.05) is 43.3 Å². The molecule has 0 unspecified atom stereocenters. The Bertz CT molecular complexity index is 1380. The highest BCUT2D eigenvalue weighted by Gasteiger charge is 2.25. The molecule has 0 aliphatic carbocycles. The number of hydrogen-bond donors (Lipinski definition) is 2. The highest BCUT2D eigenvalue weighted by molar-refractivity contribution is 6.35. The minimum absolute atomic E-state index is 0.117. The third-order valence-corrected chi connectivity index (χ3v) is 5.96. The van der Waals surface area contributed by atoms with Crippen molar-refractivity contribution in [1.82, 2.24) is 10.7 Å². The van der Waals surface area contributed by atoms with Gasteiger partial charge in [-0.2, -0.15) is 10.4 Å². The summed E-state index contributed by atoms with van der Waals surface area (Å²) in [5.74, 6) is 0.117. The second-order valence-electron chi connectivity index (χ2n) is 8.41. The van der Waals surface area contributed by atoms with E-state index in [-0.39, 0.29) is 23.8 Å². The van der Waals surface area contributed by atoms with Crippen molar-refractivity contribution in [3.63, 3.8) is 0 Å². The SMILES string of the molecule is CCOc1cc(/C=N\NC(=O)[C@H](Cc2ccccc2)NC(=O)[C@H](C)Oc2ccc(Cl)cc2Cl)ccc1OCC#N. The highest BCUT2D eigenvalue weighted by Crippen LogP contribution is 2.29. The number of halogens is 2. The number of benzene rings is 3. The maximum Gasteiger partial charge on any atom is 0.262 e. The third-order valence-electron chi connectivity index (χ3n) is 5.43. The molecule has 0 heterocycles. The first-order chi connectivity index (χ1) is 19.3. The van der Waals surface area contributed by atoms with Crippen LogP contribution < -0.4 is 25.0 Å². The molecule has 3 aromatic rings. The molecule has 2 N–H and O–H groups in total. The van der Waals surface area contributed by atoms with Crippen molar-refractivity contribution in [2.75, 3.05) is 13.2 Å². The number of carbonyl (C=O) groups excluding carboxylic acids is 2. The standard InChI is InChI=1S/C29H28Cl2N4O5/c1-3-38-27-16-21(9-11-26(27)39-14-13-32)18-33-35-29(37)24(15-20-7-5-4-6-8-20)34-28(36)19(2)40-25-12-10-22(30)17-23(25)31/h4-12,16-19,24H,3,14-15H2,1-2H3,(H,34,36)(H,35,37)/b33-18-/t19-,24-/m0/s1. The van der Waals surface area contributed by atoms with Crippen molar-refractivity contribution in [2.45, 2.75) is 32.4 Å². The largest absolute Gasteiger partial charge is 0.490 e. The minimum atomic E-state index is -0.952. The van der Waals surface area contributed by atoms with Gasteiger partial charge in [-0.25, -0.2) is 5.43 Å². The molecule has 0 aliphatic rings. The molecule has 3 rings (SSSR count). The zero-order chi connectivity index (χ0) is 28.9. The van der Waals surface area contributed by atoms with Gasteiger partial charge in [-0.15, -0.1) is 0 Å². The first kappa shape index (κ1) is 30.3. The molecule has 2 amide bonds. The molecule has 0 bridgehead atoms. The Morgan fingerprint density at radius 3 is 2.45 bits per heavy atom. The van der Waals surface area contributed by atoms with Crippen molar-refractivity contribution < 1.29 is 23.8 Å². The molecule has 0 radical (unpaired) electrons. The van der Waals surface area contributed by atoms with Gasteiger partial charge in [-0.3, -0.25) is 9.59 Å². The number of hydrazone groups is 1. The minimum Gasteiger partial charge on any atom is -0.490 e. The third kappa shape index (κ3) is 9.19. The number of nitrogens with zero attached hydrogens (tertiary/aromatic N) is 2. The van der Waals surface area contributed by atoms with Gasteiger partial charge in [-0.05, 0) is 61.4 Å². The molecule has 0 spiro atoms. The summed E-state index contributed by atoms with van der Waals surface area (Å²) in [4.78, 5) is 26.1. The molecule has 208 valence electrons. The average Bonchev–Trinajstić information content (AvgIpc) is 2.94. The summed E-state index contributed by atoms with van der Waals surface area (Å²) in [5, 5.41) is 16.2. The molecule has 0 aliphatic heterocycles. The quantitative estimate of drug-likeness (QED) is 0.217.